The summed E-state index contributed by atoms with van der Waals surface area (Å²) in [5.74, 6) is 0.448. The fourth-order valence-corrected chi connectivity index (χ4v) is 4.44. The van der Waals surface area contributed by atoms with Crippen LogP contribution in [0.25, 0.3) is 11.3 Å². The predicted octanol–water partition coefficient (Wildman–Crippen LogP) is 3.02. The summed E-state index contributed by atoms with van der Waals surface area (Å²) in [5.41, 5.74) is 1.61. The first kappa shape index (κ1) is 22.7. The lowest BCUT2D eigenvalue weighted by molar-refractivity contribution is -0.757. The number of anilines is 1. The van der Waals surface area contributed by atoms with E-state index in [-0.39, 0.29) is 30.5 Å². The molecule has 1 aliphatic rings. The minimum absolute atomic E-state index is 0.111. The highest BCUT2D eigenvalue weighted by atomic mass is 32.2. The second kappa shape index (κ2) is 9.90. The van der Waals surface area contributed by atoms with Gasteiger partial charge in [-0.3, -0.25) is 14.4 Å². The molecule has 3 rings (SSSR count). The molecule has 0 unspecified atom stereocenters. The van der Waals surface area contributed by atoms with E-state index in [1.165, 1.54) is 11.3 Å². The molecule has 1 fully saturated rings. The summed E-state index contributed by atoms with van der Waals surface area (Å²) in [6.45, 7) is 0.117. The van der Waals surface area contributed by atoms with Gasteiger partial charge in [-0.1, -0.05) is 31.4 Å². The number of amides is 1. The Morgan fingerprint density at radius 1 is 1.26 bits per heavy atom. The Bertz CT molecular complexity index is 1010. The number of hydrogen-bond donors (Lipinski definition) is 0. The zero-order chi connectivity index (χ0) is 22.4. The zero-order valence-electron chi connectivity index (χ0n) is 17.3. The van der Waals surface area contributed by atoms with Crippen LogP contribution >= 0.6 is 0 Å². The van der Waals surface area contributed by atoms with Crippen LogP contribution in [-0.4, -0.2) is 49.1 Å². The van der Waals surface area contributed by atoms with E-state index in [0.29, 0.717) is 12.2 Å². The van der Waals surface area contributed by atoms with Crippen molar-refractivity contribution in [2.24, 2.45) is 0 Å². The van der Waals surface area contributed by atoms with Crippen molar-refractivity contribution in [2.45, 2.75) is 49.5 Å². The molecular weight excluding hydrogens is 424 g/mol. The molecule has 11 heteroatoms. The van der Waals surface area contributed by atoms with Gasteiger partial charge in [-0.25, -0.2) is 8.42 Å². The van der Waals surface area contributed by atoms with E-state index in [1.54, 1.807) is 30.3 Å². The Balaban J connectivity index is 1.90. The molecule has 168 valence electrons. The number of aromatic nitrogens is 2. The second-order valence-corrected chi connectivity index (χ2v) is 9.65. The van der Waals surface area contributed by atoms with Crippen molar-refractivity contribution in [3.63, 3.8) is 0 Å². The van der Waals surface area contributed by atoms with Crippen LogP contribution in [-0.2, 0) is 19.5 Å². The first-order valence-electron chi connectivity index (χ1n) is 10.2. The molecule has 1 aromatic carbocycles. The molecule has 0 radical (unpaired) electrons. The molecule has 1 aliphatic carbocycles. The van der Waals surface area contributed by atoms with Crippen LogP contribution in [0.5, 0.6) is 0 Å². The predicted molar refractivity (Wildman–Crippen MR) is 114 cm³/mol. The van der Waals surface area contributed by atoms with Crippen molar-refractivity contribution >= 4 is 22.1 Å². The maximum absolute atomic E-state index is 11.8. The van der Waals surface area contributed by atoms with E-state index in [2.05, 4.69) is 9.94 Å². The van der Waals surface area contributed by atoms with E-state index >= 15 is 0 Å². The zero-order valence-corrected chi connectivity index (χ0v) is 18.2. The third-order valence-corrected chi connectivity index (χ3v) is 6.51. The van der Waals surface area contributed by atoms with Gasteiger partial charge in [0.05, 0.1) is 23.2 Å². The highest BCUT2D eigenvalue weighted by Gasteiger charge is 2.23. The van der Waals surface area contributed by atoms with Crippen molar-refractivity contribution in [2.75, 3.05) is 24.3 Å². The molecule has 31 heavy (non-hydrogen) atoms. The number of rotatable bonds is 10. The second-order valence-electron chi connectivity index (χ2n) is 7.63. The third kappa shape index (κ3) is 5.81. The molecule has 1 heterocycles. The van der Waals surface area contributed by atoms with Crippen LogP contribution in [0.4, 0.5) is 5.82 Å². The Morgan fingerprint density at radius 2 is 1.94 bits per heavy atom. The van der Waals surface area contributed by atoms with Gasteiger partial charge in [-0.15, -0.1) is 10.1 Å². The first-order chi connectivity index (χ1) is 14.8. The molecule has 1 amide bonds. The average Bonchev–Trinajstić information content (AvgIpc) is 3.19. The number of hydrogen-bond acceptors (Lipinski definition) is 7. The molecular formula is C20H26N4O6S. The molecule has 10 nitrogen and oxygen atoms in total. The van der Waals surface area contributed by atoms with Gasteiger partial charge in [0, 0.05) is 18.9 Å². The third-order valence-electron chi connectivity index (χ3n) is 5.38. The summed E-state index contributed by atoms with van der Waals surface area (Å²) in [6.07, 6.45) is 7.44. The number of sulfone groups is 1. The minimum Gasteiger partial charge on any atom is -0.314 e. The first-order valence-corrected chi connectivity index (χ1v) is 12.1. The molecule has 0 N–H and O–H groups in total. The quantitative estimate of drug-likeness (QED) is 0.236. The summed E-state index contributed by atoms with van der Waals surface area (Å²) in [4.78, 5) is 27.9. The number of benzene rings is 1. The fourth-order valence-electron chi connectivity index (χ4n) is 3.81. The lowest BCUT2D eigenvalue weighted by Gasteiger charge is -2.24. The fraction of sp³-hybridized carbons (Fsp3) is 0.500. The van der Waals surface area contributed by atoms with Crippen LogP contribution in [0.2, 0.25) is 0 Å². The molecule has 1 aromatic heterocycles. The number of carbonyl (C=O) groups is 1. The summed E-state index contributed by atoms with van der Waals surface area (Å²) in [6, 6.07) is 8.61. The van der Waals surface area contributed by atoms with E-state index in [4.69, 9.17) is 0 Å². The van der Waals surface area contributed by atoms with Crippen molar-refractivity contribution in [3.05, 3.63) is 40.4 Å². The maximum atomic E-state index is 11.8. The SMILES string of the molecule is CS(=O)(=O)c1ccc(-c2cc(N(C=O)CCCO[N+](=O)[O-])nn2C2CCCCC2)cc1. The lowest BCUT2D eigenvalue weighted by atomic mass is 9.95. The Hall–Kier alpha value is -2.95. The molecule has 0 spiro atoms. The Labute approximate surface area is 180 Å². The summed E-state index contributed by atoms with van der Waals surface area (Å²) in [5, 5.41) is 14.1. The lowest BCUT2D eigenvalue weighted by Crippen LogP contribution is -2.25. The van der Waals surface area contributed by atoms with Gasteiger partial charge in [0.25, 0.3) is 5.09 Å². The molecule has 0 bridgehead atoms. The molecule has 0 atom stereocenters. The van der Waals surface area contributed by atoms with Crippen LogP contribution in [0.15, 0.2) is 35.2 Å². The van der Waals surface area contributed by atoms with Crippen LogP contribution in [0.3, 0.4) is 0 Å². The van der Waals surface area contributed by atoms with Crippen molar-refractivity contribution in [3.8, 4) is 11.3 Å². The number of carbonyl (C=O) groups excluding carboxylic acids is 1. The summed E-state index contributed by atoms with van der Waals surface area (Å²) in [7, 11) is -3.30. The van der Waals surface area contributed by atoms with Gasteiger partial charge in [0.2, 0.25) is 6.41 Å². The van der Waals surface area contributed by atoms with Crippen molar-refractivity contribution < 1.29 is 23.1 Å². The van der Waals surface area contributed by atoms with Gasteiger partial charge in [0.15, 0.2) is 15.7 Å². The largest absolute Gasteiger partial charge is 0.314 e. The normalized spacial score (nSPS) is 14.9. The van der Waals surface area contributed by atoms with Crippen LogP contribution in [0, 0.1) is 10.1 Å². The van der Waals surface area contributed by atoms with E-state index < -0.39 is 14.9 Å². The maximum Gasteiger partial charge on any atom is 0.294 e. The summed E-state index contributed by atoms with van der Waals surface area (Å²) < 4.78 is 25.5. The Morgan fingerprint density at radius 3 is 2.52 bits per heavy atom. The van der Waals surface area contributed by atoms with Crippen molar-refractivity contribution in [1.82, 2.24) is 9.78 Å². The van der Waals surface area contributed by atoms with E-state index in [0.717, 1.165) is 43.2 Å². The van der Waals surface area contributed by atoms with E-state index in [1.807, 2.05) is 4.68 Å². The smallest absolute Gasteiger partial charge is 0.294 e. The molecule has 1 saturated carbocycles. The van der Waals surface area contributed by atoms with Gasteiger partial charge in [-0.2, -0.15) is 5.10 Å². The standard InChI is InChI=1S/C20H26N4O6S/c1-31(28,29)18-10-8-16(9-11-18)19-14-20(21-23(19)17-6-3-2-4-7-17)22(15-25)12-5-13-30-24(26)27/h8-11,14-15,17H,2-7,12-13H2,1H3. The van der Waals surface area contributed by atoms with Gasteiger partial charge in [0.1, 0.15) is 0 Å². The van der Waals surface area contributed by atoms with E-state index in [9.17, 15) is 23.3 Å². The van der Waals surface area contributed by atoms with Crippen molar-refractivity contribution in [1.29, 1.82) is 0 Å². The monoisotopic (exact) mass is 450 g/mol. The molecule has 0 aliphatic heterocycles. The highest BCUT2D eigenvalue weighted by molar-refractivity contribution is 7.90. The van der Waals surface area contributed by atoms with Crippen LogP contribution < -0.4 is 4.90 Å². The molecule has 2 aromatic rings. The summed E-state index contributed by atoms with van der Waals surface area (Å²) >= 11 is 0. The number of nitrogens with zero attached hydrogens (tertiary/aromatic N) is 4. The Kier molecular flexibility index (Phi) is 7.26. The minimum atomic E-state index is -3.30. The van der Waals surface area contributed by atoms with Gasteiger partial charge >= 0.3 is 0 Å². The topological polar surface area (TPSA) is 125 Å². The average molecular weight is 451 g/mol. The molecule has 0 saturated heterocycles. The van der Waals surface area contributed by atoms with Gasteiger partial charge < -0.3 is 4.84 Å². The van der Waals surface area contributed by atoms with Crippen LogP contribution in [0.1, 0.15) is 44.6 Å². The highest BCUT2D eigenvalue weighted by Crippen LogP contribution is 2.34. The van der Waals surface area contributed by atoms with Gasteiger partial charge in [-0.05, 0) is 37.0 Å².